The molecule has 0 bridgehead atoms. The van der Waals surface area contributed by atoms with Gasteiger partial charge in [0.2, 0.25) is 0 Å². The van der Waals surface area contributed by atoms with E-state index in [1.165, 1.54) is 6.07 Å². The second-order valence-corrected chi connectivity index (χ2v) is 5.27. The Kier molecular flexibility index (Phi) is 5.87. The largest absolute Gasteiger partial charge is 0.480 e. The van der Waals surface area contributed by atoms with E-state index in [0.29, 0.717) is 6.07 Å². The third kappa shape index (κ3) is 4.51. The number of nitrogens with one attached hydrogen (secondary N) is 2. The molecule has 0 spiro atoms. The lowest BCUT2D eigenvalue weighted by atomic mass is 9.93. The lowest BCUT2D eigenvalue weighted by Crippen LogP contribution is -2.54. The predicted octanol–water partition coefficient (Wildman–Crippen LogP) is 4.12. The van der Waals surface area contributed by atoms with Crippen LogP contribution < -0.4 is 10.6 Å². The fourth-order valence-electron chi connectivity index (χ4n) is 1.98. The van der Waals surface area contributed by atoms with Crippen LogP contribution in [0.5, 0.6) is 0 Å². The standard InChI is InChI=1S/C14H16ClF3N2O3/c1-3-13(4-2,11(21)22)20-12(23)19-8-5-6-10(15)9(7-8)14(16,17)18/h5-7H,3-4H2,1-2H3,(H,21,22)(H2,19,20,23). The van der Waals surface area contributed by atoms with E-state index in [2.05, 4.69) is 10.6 Å². The molecule has 0 aliphatic rings. The molecule has 0 atom stereocenters. The predicted molar refractivity (Wildman–Crippen MR) is 79.6 cm³/mol. The highest BCUT2D eigenvalue weighted by Gasteiger charge is 2.37. The first kappa shape index (κ1) is 19.1. The van der Waals surface area contributed by atoms with Crippen molar-refractivity contribution in [2.45, 2.75) is 38.4 Å². The van der Waals surface area contributed by atoms with Gasteiger partial charge in [-0.05, 0) is 31.0 Å². The Morgan fingerprint density at radius 1 is 1.22 bits per heavy atom. The summed E-state index contributed by atoms with van der Waals surface area (Å²) >= 11 is 5.48. The zero-order chi connectivity index (χ0) is 17.8. The van der Waals surface area contributed by atoms with Crippen LogP contribution in [-0.4, -0.2) is 22.6 Å². The van der Waals surface area contributed by atoms with Crippen LogP contribution in [0.3, 0.4) is 0 Å². The minimum atomic E-state index is -4.66. The fraction of sp³-hybridized carbons (Fsp3) is 0.429. The van der Waals surface area contributed by atoms with Crippen molar-refractivity contribution in [1.29, 1.82) is 0 Å². The molecule has 0 heterocycles. The Morgan fingerprint density at radius 2 is 1.78 bits per heavy atom. The quantitative estimate of drug-likeness (QED) is 0.745. The maximum Gasteiger partial charge on any atom is 0.417 e. The molecule has 0 fully saturated rings. The van der Waals surface area contributed by atoms with Gasteiger partial charge in [-0.3, -0.25) is 0 Å². The number of alkyl halides is 3. The van der Waals surface area contributed by atoms with E-state index < -0.39 is 34.3 Å². The topological polar surface area (TPSA) is 78.4 Å². The molecule has 0 radical (unpaired) electrons. The summed E-state index contributed by atoms with van der Waals surface area (Å²) in [5.74, 6) is -1.22. The summed E-state index contributed by atoms with van der Waals surface area (Å²) in [6.07, 6.45) is -4.41. The van der Waals surface area contributed by atoms with Crippen LogP contribution in [0.2, 0.25) is 5.02 Å². The number of aliphatic carboxylic acids is 1. The maximum atomic E-state index is 12.8. The SMILES string of the molecule is CCC(CC)(NC(=O)Nc1ccc(Cl)c(C(F)(F)F)c1)C(=O)O. The molecule has 5 nitrogen and oxygen atoms in total. The van der Waals surface area contributed by atoms with Crippen LogP contribution in [0.4, 0.5) is 23.7 Å². The molecule has 0 unspecified atom stereocenters. The van der Waals surface area contributed by atoms with Gasteiger partial charge < -0.3 is 15.7 Å². The van der Waals surface area contributed by atoms with E-state index in [0.717, 1.165) is 6.07 Å². The van der Waals surface area contributed by atoms with E-state index >= 15 is 0 Å². The average Bonchev–Trinajstić information content (AvgIpc) is 2.45. The number of carbonyl (C=O) groups is 2. The van der Waals surface area contributed by atoms with Crippen molar-refractivity contribution in [2.24, 2.45) is 0 Å². The van der Waals surface area contributed by atoms with Crippen LogP contribution in [-0.2, 0) is 11.0 Å². The molecule has 0 aliphatic heterocycles. The molecule has 1 aromatic rings. The van der Waals surface area contributed by atoms with Crippen LogP contribution in [0.15, 0.2) is 18.2 Å². The smallest absolute Gasteiger partial charge is 0.417 e. The van der Waals surface area contributed by atoms with Gasteiger partial charge in [-0.15, -0.1) is 0 Å². The summed E-state index contributed by atoms with van der Waals surface area (Å²) in [4.78, 5) is 23.2. The van der Waals surface area contributed by atoms with Crippen molar-refractivity contribution in [3.05, 3.63) is 28.8 Å². The Bertz CT molecular complexity index is 601. The lowest BCUT2D eigenvalue weighted by Gasteiger charge is -2.28. The lowest BCUT2D eigenvalue weighted by molar-refractivity contribution is -0.144. The van der Waals surface area contributed by atoms with E-state index in [1.807, 2.05) is 0 Å². The minimum absolute atomic E-state index is 0.126. The van der Waals surface area contributed by atoms with Crippen molar-refractivity contribution in [1.82, 2.24) is 5.32 Å². The molecule has 0 saturated heterocycles. The minimum Gasteiger partial charge on any atom is -0.480 e. The van der Waals surface area contributed by atoms with Gasteiger partial charge in [-0.25, -0.2) is 9.59 Å². The summed E-state index contributed by atoms with van der Waals surface area (Å²) in [5, 5.41) is 13.2. The number of carboxylic acid groups (broad SMARTS) is 1. The Labute approximate surface area is 135 Å². The first-order chi connectivity index (χ1) is 10.6. The number of anilines is 1. The molecule has 128 valence electrons. The first-order valence-corrected chi connectivity index (χ1v) is 7.13. The molecule has 1 rings (SSSR count). The zero-order valence-electron chi connectivity index (χ0n) is 12.4. The second-order valence-electron chi connectivity index (χ2n) is 4.87. The molecule has 2 amide bonds. The highest BCUT2D eigenvalue weighted by Crippen LogP contribution is 2.36. The molecule has 9 heteroatoms. The summed E-state index contributed by atoms with van der Waals surface area (Å²) in [6.45, 7) is 3.17. The Hall–Kier alpha value is -1.96. The van der Waals surface area contributed by atoms with E-state index in [1.54, 1.807) is 13.8 Å². The third-order valence-electron chi connectivity index (χ3n) is 3.50. The number of carboxylic acids is 1. The van der Waals surface area contributed by atoms with Gasteiger partial charge in [0, 0.05) is 5.69 Å². The van der Waals surface area contributed by atoms with Gasteiger partial charge in [0.05, 0.1) is 10.6 Å². The molecule has 0 saturated carbocycles. The summed E-state index contributed by atoms with van der Waals surface area (Å²) in [7, 11) is 0. The summed E-state index contributed by atoms with van der Waals surface area (Å²) in [6, 6.07) is 1.97. The van der Waals surface area contributed by atoms with E-state index in [9.17, 15) is 27.9 Å². The number of hydrogen-bond donors (Lipinski definition) is 3. The van der Waals surface area contributed by atoms with Gasteiger partial charge in [0.1, 0.15) is 5.54 Å². The average molecular weight is 353 g/mol. The summed E-state index contributed by atoms with van der Waals surface area (Å²) in [5.41, 5.74) is -2.72. The fourth-order valence-corrected chi connectivity index (χ4v) is 2.21. The van der Waals surface area contributed by atoms with E-state index in [-0.39, 0.29) is 18.5 Å². The zero-order valence-corrected chi connectivity index (χ0v) is 13.2. The van der Waals surface area contributed by atoms with Gasteiger partial charge in [0.15, 0.2) is 0 Å². The highest BCUT2D eigenvalue weighted by atomic mass is 35.5. The highest BCUT2D eigenvalue weighted by molar-refractivity contribution is 6.31. The molecule has 3 N–H and O–H groups in total. The molecule has 0 aliphatic carbocycles. The second kappa shape index (κ2) is 7.08. The van der Waals surface area contributed by atoms with E-state index in [4.69, 9.17) is 11.6 Å². The molecule has 1 aromatic carbocycles. The molecule has 23 heavy (non-hydrogen) atoms. The summed E-state index contributed by atoms with van der Waals surface area (Å²) < 4.78 is 38.3. The van der Waals surface area contributed by atoms with Crippen LogP contribution in [0.25, 0.3) is 0 Å². The number of urea groups is 1. The van der Waals surface area contributed by atoms with Crippen molar-refractivity contribution in [3.8, 4) is 0 Å². The first-order valence-electron chi connectivity index (χ1n) is 6.75. The van der Waals surface area contributed by atoms with Gasteiger partial charge in [-0.2, -0.15) is 13.2 Å². The molecular weight excluding hydrogens is 337 g/mol. The normalized spacial score (nSPS) is 11.9. The Morgan fingerprint density at radius 3 is 2.22 bits per heavy atom. The number of amides is 2. The number of hydrogen-bond acceptors (Lipinski definition) is 2. The van der Waals surface area contributed by atoms with Crippen LogP contribution in [0.1, 0.15) is 32.3 Å². The number of carbonyl (C=O) groups excluding carboxylic acids is 1. The van der Waals surface area contributed by atoms with Crippen LogP contribution >= 0.6 is 11.6 Å². The van der Waals surface area contributed by atoms with Gasteiger partial charge in [0.25, 0.3) is 0 Å². The number of halogens is 4. The Balaban J connectivity index is 2.96. The van der Waals surface area contributed by atoms with Crippen molar-refractivity contribution >= 4 is 29.3 Å². The monoisotopic (exact) mass is 352 g/mol. The van der Waals surface area contributed by atoms with Crippen LogP contribution in [0, 0.1) is 0 Å². The number of rotatable bonds is 5. The van der Waals surface area contributed by atoms with Gasteiger partial charge in [-0.1, -0.05) is 25.4 Å². The van der Waals surface area contributed by atoms with Gasteiger partial charge >= 0.3 is 18.2 Å². The van der Waals surface area contributed by atoms with Crippen molar-refractivity contribution in [3.63, 3.8) is 0 Å². The maximum absolute atomic E-state index is 12.8. The van der Waals surface area contributed by atoms with Crippen molar-refractivity contribution in [2.75, 3.05) is 5.32 Å². The van der Waals surface area contributed by atoms with Crippen molar-refractivity contribution < 1.29 is 27.9 Å². The molecular formula is C14H16ClF3N2O3. The molecule has 0 aromatic heterocycles. The third-order valence-corrected chi connectivity index (χ3v) is 3.83. The number of benzene rings is 1.